The van der Waals surface area contributed by atoms with Crippen molar-refractivity contribution in [1.29, 1.82) is 0 Å². The second kappa shape index (κ2) is 14.8. The third-order valence-corrected chi connectivity index (χ3v) is 8.12. The van der Waals surface area contributed by atoms with Crippen LogP contribution < -0.4 is 15.9 Å². The SMILES string of the molecule is CCCCC[C@@H](C(=O)NCNC(=O)c1ccc(-c2cc(C)cc(P(=O)(OC)OC)c2)o1)[C@@H](CC)N(O)C=O. The van der Waals surface area contributed by atoms with Crippen LogP contribution in [0.15, 0.2) is 34.7 Å². The van der Waals surface area contributed by atoms with Crippen molar-refractivity contribution >= 4 is 31.1 Å². The number of amides is 3. The van der Waals surface area contributed by atoms with E-state index in [-0.39, 0.29) is 18.3 Å². The Hall–Kier alpha value is -2.98. The van der Waals surface area contributed by atoms with Gasteiger partial charge in [0.05, 0.1) is 23.9 Å². The van der Waals surface area contributed by atoms with E-state index < -0.39 is 25.5 Å². The van der Waals surface area contributed by atoms with Gasteiger partial charge in [-0.05, 0) is 55.7 Å². The predicted molar refractivity (Wildman–Crippen MR) is 142 cm³/mol. The van der Waals surface area contributed by atoms with Crippen molar-refractivity contribution in [3.05, 3.63) is 41.7 Å². The number of carbonyl (C=O) groups excluding carboxylic acids is 3. The molecule has 12 heteroatoms. The van der Waals surface area contributed by atoms with E-state index in [1.54, 1.807) is 25.1 Å². The van der Waals surface area contributed by atoms with Crippen molar-refractivity contribution in [2.24, 2.45) is 5.92 Å². The Morgan fingerprint density at radius 1 is 1.13 bits per heavy atom. The van der Waals surface area contributed by atoms with Gasteiger partial charge in [0.1, 0.15) is 5.76 Å². The molecule has 3 amide bonds. The third kappa shape index (κ3) is 8.01. The molecule has 0 aliphatic carbocycles. The fourth-order valence-electron chi connectivity index (χ4n) is 4.24. The Balaban J connectivity index is 2.08. The van der Waals surface area contributed by atoms with Crippen molar-refractivity contribution in [2.75, 3.05) is 20.9 Å². The van der Waals surface area contributed by atoms with Crippen molar-refractivity contribution < 1.29 is 37.6 Å². The highest BCUT2D eigenvalue weighted by atomic mass is 31.2. The van der Waals surface area contributed by atoms with Crippen LogP contribution >= 0.6 is 7.60 Å². The monoisotopic (exact) mass is 551 g/mol. The lowest BCUT2D eigenvalue weighted by molar-refractivity contribution is -0.168. The van der Waals surface area contributed by atoms with Gasteiger partial charge in [0.15, 0.2) is 5.76 Å². The number of hydroxylamine groups is 2. The molecule has 2 aromatic rings. The van der Waals surface area contributed by atoms with E-state index in [1.807, 2.05) is 19.9 Å². The molecule has 11 nitrogen and oxygen atoms in total. The Labute approximate surface area is 223 Å². The molecule has 0 bridgehead atoms. The number of carbonyl (C=O) groups is 3. The first-order valence-corrected chi connectivity index (χ1v) is 14.1. The fourth-order valence-corrected chi connectivity index (χ4v) is 5.47. The second-order valence-electron chi connectivity index (χ2n) is 8.87. The number of hydrogen-bond donors (Lipinski definition) is 3. The summed E-state index contributed by atoms with van der Waals surface area (Å²) in [6.07, 6.45) is 3.84. The first-order chi connectivity index (χ1) is 18.1. The molecule has 0 unspecified atom stereocenters. The maximum Gasteiger partial charge on any atom is 0.360 e. The third-order valence-electron chi connectivity index (χ3n) is 6.27. The summed E-state index contributed by atoms with van der Waals surface area (Å²) in [5.41, 5.74) is 1.39. The molecule has 0 aliphatic heterocycles. The maximum absolute atomic E-state index is 12.9. The van der Waals surface area contributed by atoms with Crippen molar-refractivity contribution in [3.8, 4) is 11.3 Å². The largest absolute Gasteiger partial charge is 0.451 e. The van der Waals surface area contributed by atoms with Gasteiger partial charge in [-0.2, -0.15) is 0 Å². The smallest absolute Gasteiger partial charge is 0.360 e. The van der Waals surface area contributed by atoms with Gasteiger partial charge < -0.3 is 24.1 Å². The molecule has 0 aliphatic rings. The molecule has 0 spiro atoms. The average molecular weight is 552 g/mol. The predicted octanol–water partition coefficient (Wildman–Crippen LogP) is 3.99. The molecule has 2 rings (SSSR count). The Morgan fingerprint density at radius 2 is 1.84 bits per heavy atom. The average Bonchev–Trinajstić information content (AvgIpc) is 3.42. The molecule has 38 heavy (non-hydrogen) atoms. The normalized spacial score (nSPS) is 13.0. The van der Waals surface area contributed by atoms with Crippen LogP contribution in [0.25, 0.3) is 11.3 Å². The van der Waals surface area contributed by atoms with Crippen LogP contribution in [0.4, 0.5) is 0 Å². The number of hydrogen-bond acceptors (Lipinski definition) is 8. The highest BCUT2D eigenvalue weighted by molar-refractivity contribution is 7.62. The molecule has 2 atom stereocenters. The standard InChI is InChI=1S/C26H38N3O8P/c1-6-8-9-10-21(22(7-2)29(33)17-30)25(31)27-16-28-26(32)24-12-11-23(37-24)19-13-18(3)14-20(15-19)38(34,35-4)36-5/h11-15,17,21-22,33H,6-10,16H2,1-5H3,(H,27,31)(H,28,32)/t21-,22-/m1/s1. The van der Waals surface area contributed by atoms with Gasteiger partial charge in [0.25, 0.3) is 5.91 Å². The molecule has 0 saturated heterocycles. The number of nitrogens with one attached hydrogen (secondary N) is 2. The van der Waals surface area contributed by atoms with Crippen LogP contribution in [-0.2, 0) is 23.2 Å². The second-order valence-corrected chi connectivity index (χ2v) is 11.1. The Kier molecular flexibility index (Phi) is 12.2. The molecular weight excluding hydrogens is 513 g/mol. The Morgan fingerprint density at radius 3 is 2.45 bits per heavy atom. The van der Waals surface area contributed by atoms with E-state index in [1.165, 1.54) is 20.3 Å². The summed E-state index contributed by atoms with van der Waals surface area (Å²) in [5.74, 6) is -1.15. The van der Waals surface area contributed by atoms with Crippen LogP contribution in [0, 0.1) is 12.8 Å². The minimum absolute atomic E-state index is 0.0207. The summed E-state index contributed by atoms with van der Waals surface area (Å²) in [4.78, 5) is 36.6. The van der Waals surface area contributed by atoms with E-state index in [2.05, 4.69) is 10.6 Å². The molecule has 0 fully saturated rings. The summed E-state index contributed by atoms with van der Waals surface area (Å²) in [5, 5.41) is 16.1. The molecule has 1 aromatic carbocycles. The quantitative estimate of drug-likeness (QED) is 0.0709. The number of rotatable bonds is 16. The molecule has 3 N–H and O–H groups in total. The highest BCUT2D eigenvalue weighted by Crippen LogP contribution is 2.45. The van der Waals surface area contributed by atoms with Crippen LogP contribution in [0.1, 0.15) is 62.1 Å². The van der Waals surface area contributed by atoms with Gasteiger partial charge >= 0.3 is 7.60 Å². The van der Waals surface area contributed by atoms with Gasteiger partial charge in [0, 0.05) is 19.8 Å². The van der Waals surface area contributed by atoms with Crippen molar-refractivity contribution in [2.45, 2.75) is 58.9 Å². The molecule has 1 aromatic heterocycles. The number of unbranched alkanes of at least 4 members (excludes halogenated alkanes) is 2. The topological polar surface area (TPSA) is 147 Å². The minimum Gasteiger partial charge on any atom is -0.451 e. The fraction of sp³-hybridized carbons (Fsp3) is 0.500. The number of aryl methyl sites for hydroxylation is 1. The zero-order valence-corrected chi connectivity index (χ0v) is 23.5. The van der Waals surface area contributed by atoms with Gasteiger partial charge in [-0.15, -0.1) is 0 Å². The van der Waals surface area contributed by atoms with Crippen LogP contribution in [0.5, 0.6) is 0 Å². The van der Waals surface area contributed by atoms with Crippen LogP contribution in [-0.4, -0.2) is 55.4 Å². The summed E-state index contributed by atoms with van der Waals surface area (Å²) in [6.45, 7) is 5.49. The Bertz CT molecular complexity index is 1130. The minimum atomic E-state index is -3.48. The lowest BCUT2D eigenvalue weighted by Crippen LogP contribution is -2.47. The van der Waals surface area contributed by atoms with Crippen molar-refractivity contribution in [3.63, 3.8) is 0 Å². The zero-order valence-electron chi connectivity index (χ0n) is 22.6. The highest BCUT2D eigenvalue weighted by Gasteiger charge is 2.31. The van der Waals surface area contributed by atoms with Crippen molar-refractivity contribution in [1.82, 2.24) is 15.7 Å². The number of benzene rings is 1. The zero-order chi connectivity index (χ0) is 28.3. The summed E-state index contributed by atoms with van der Waals surface area (Å²) in [6, 6.07) is 7.57. The maximum atomic E-state index is 12.9. The van der Waals surface area contributed by atoms with Crippen LogP contribution in [0.2, 0.25) is 0 Å². The van der Waals surface area contributed by atoms with E-state index in [0.29, 0.717) is 40.9 Å². The summed E-state index contributed by atoms with van der Waals surface area (Å²) >= 11 is 0. The van der Waals surface area contributed by atoms with E-state index in [9.17, 15) is 24.2 Å². The first-order valence-electron chi connectivity index (χ1n) is 12.6. The number of nitrogens with zero attached hydrogens (tertiary/aromatic N) is 1. The van der Waals surface area contributed by atoms with Gasteiger partial charge in [-0.1, -0.05) is 33.1 Å². The molecule has 1 heterocycles. The van der Waals surface area contributed by atoms with Gasteiger partial charge in [-0.25, -0.2) is 5.06 Å². The number of furan rings is 1. The first kappa shape index (κ1) is 31.2. The summed E-state index contributed by atoms with van der Waals surface area (Å²) in [7, 11) is -0.871. The van der Waals surface area contributed by atoms with E-state index in [4.69, 9.17) is 13.5 Å². The molecule has 210 valence electrons. The lowest BCUT2D eigenvalue weighted by atomic mass is 9.90. The summed E-state index contributed by atoms with van der Waals surface area (Å²) < 4.78 is 28.7. The molecular formula is C26H38N3O8P. The van der Waals surface area contributed by atoms with Crippen LogP contribution in [0.3, 0.4) is 0 Å². The lowest BCUT2D eigenvalue weighted by Gasteiger charge is -2.29. The van der Waals surface area contributed by atoms with Gasteiger partial charge in [0.2, 0.25) is 12.3 Å². The van der Waals surface area contributed by atoms with E-state index >= 15 is 0 Å². The van der Waals surface area contributed by atoms with E-state index in [0.717, 1.165) is 24.8 Å². The molecule has 0 radical (unpaired) electrons. The van der Waals surface area contributed by atoms with Gasteiger partial charge in [-0.3, -0.25) is 24.2 Å². The molecule has 0 saturated carbocycles.